The lowest BCUT2D eigenvalue weighted by molar-refractivity contribution is 0.0767. The molecule has 0 bridgehead atoms. The van der Waals surface area contributed by atoms with Gasteiger partial charge in [0, 0.05) is 23.2 Å². The number of aryl methyl sites for hydroxylation is 1. The van der Waals surface area contributed by atoms with E-state index in [2.05, 4.69) is 13.0 Å². The third-order valence-electron chi connectivity index (χ3n) is 4.04. The van der Waals surface area contributed by atoms with Crippen LogP contribution in [0.2, 0.25) is 0 Å². The first-order valence-corrected chi connectivity index (χ1v) is 8.07. The van der Waals surface area contributed by atoms with Crippen LogP contribution in [-0.4, -0.2) is 23.9 Å². The summed E-state index contributed by atoms with van der Waals surface area (Å²) in [7, 11) is 0. The molecule has 1 aliphatic rings. The van der Waals surface area contributed by atoms with E-state index in [-0.39, 0.29) is 5.91 Å². The maximum atomic E-state index is 12.7. The van der Waals surface area contributed by atoms with Gasteiger partial charge in [-0.15, -0.1) is 11.3 Å². The number of benzene rings is 1. The molecule has 0 unspecified atom stereocenters. The summed E-state index contributed by atoms with van der Waals surface area (Å²) in [5, 5.41) is 1.02. The van der Waals surface area contributed by atoms with Gasteiger partial charge in [-0.1, -0.05) is 31.0 Å². The Bertz CT molecular complexity index is 639. The normalized spacial score (nSPS) is 16.4. The molecule has 0 saturated carbocycles. The molecular formula is C16H20N2OS. The summed E-state index contributed by atoms with van der Waals surface area (Å²) in [6, 6.07) is 6.08. The average Bonchev–Trinajstić information content (AvgIpc) is 2.66. The lowest BCUT2D eigenvalue weighted by Crippen LogP contribution is -2.31. The molecular weight excluding hydrogens is 268 g/mol. The van der Waals surface area contributed by atoms with Crippen molar-refractivity contribution in [3.05, 3.63) is 28.6 Å². The number of likely N-dealkylation sites (tertiary alicyclic amines) is 1. The van der Waals surface area contributed by atoms with Crippen LogP contribution < -0.4 is 5.73 Å². The maximum absolute atomic E-state index is 12.7. The highest BCUT2D eigenvalue weighted by Gasteiger charge is 2.23. The highest BCUT2D eigenvalue weighted by atomic mass is 32.1. The number of nitrogen functional groups attached to an aromatic ring is 1. The van der Waals surface area contributed by atoms with Crippen molar-refractivity contribution < 1.29 is 4.79 Å². The predicted molar refractivity (Wildman–Crippen MR) is 85.3 cm³/mol. The predicted octanol–water partition coefficient (Wildman–Crippen LogP) is 3.81. The summed E-state index contributed by atoms with van der Waals surface area (Å²) in [5.41, 5.74) is 8.06. The Morgan fingerprint density at radius 3 is 2.55 bits per heavy atom. The van der Waals surface area contributed by atoms with Gasteiger partial charge in [-0.3, -0.25) is 4.79 Å². The fraction of sp³-hybridized carbons (Fsp3) is 0.438. The SMILES string of the molecule is Cc1cccc2c(N)c(C(=O)N3CCCCCC3)sc12. The number of rotatable bonds is 1. The monoisotopic (exact) mass is 288 g/mol. The molecule has 1 aliphatic heterocycles. The highest BCUT2D eigenvalue weighted by Crippen LogP contribution is 2.36. The quantitative estimate of drug-likeness (QED) is 0.867. The van der Waals surface area contributed by atoms with Crippen LogP contribution in [0.3, 0.4) is 0 Å². The van der Waals surface area contributed by atoms with E-state index in [0.717, 1.165) is 40.9 Å². The van der Waals surface area contributed by atoms with E-state index in [1.165, 1.54) is 18.4 Å². The largest absolute Gasteiger partial charge is 0.397 e. The molecule has 106 valence electrons. The minimum absolute atomic E-state index is 0.116. The number of thiophene rings is 1. The van der Waals surface area contributed by atoms with Crippen LogP contribution in [0.15, 0.2) is 18.2 Å². The molecule has 2 aromatic rings. The molecule has 3 rings (SSSR count). The lowest BCUT2D eigenvalue weighted by Gasteiger charge is -2.19. The second-order valence-electron chi connectivity index (χ2n) is 5.50. The molecule has 1 aromatic heterocycles. The minimum Gasteiger partial charge on any atom is -0.397 e. The van der Waals surface area contributed by atoms with E-state index in [1.54, 1.807) is 11.3 Å². The summed E-state index contributed by atoms with van der Waals surface area (Å²) in [6.45, 7) is 3.80. The Hall–Kier alpha value is -1.55. The molecule has 1 fully saturated rings. The van der Waals surface area contributed by atoms with Crippen molar-refractivity contribution in [3.8, 4) is 0 Å². The molecule has 1 aromatic carbocycles. The van der Waals surface area contributed by atoms with Gasteiger partial charge in [0.25, 0.3) is 5.91 Å². The van der Waals surface area contributed by atoms with Crippen LogP contribution in [0, 0.1) is 6.92 Å². The summed E-state index contributed by atoms with van der Waals surface area (Å²) in [4.78, 5) is 15.4. The summed E-state index contributed by atoms with van der Waals surface area (Å²) in [5.74, 6) is 0.116. The Kier molecular flexibility index (Phi) is 3.66. The van der Waals surface area contributed by atoms with Crippen molar-refractivity contribution in [2.45, 2.75) is 32.6 Å². The van der Waals surface area contributed by atoms with Gasteiger partial charge in [0.1, 0.15) is 4.88 Å². The Balaban J connectivity index is 1.99. The smallest absolute Gasteiger partial charge is 0.266 e. The number of anilines is 1. The number of fused-ring (bicyclic) bond motifs is 1. The summed E-state index contributed by atoms with van der Waals surface area (Å²) in [6.07, 6.45) is 4.67. The molecule has 2 N–H and O–H groups in total. The van der Waals surface area contributed by atoms with Crippen LogP contribution >= 0.6 is 11.3 Å². The number of carbonyl (C=O) groups is 1. The summed E-state index contributed by atoms with van der Waals surface area (Å²) < 4.78 is 1.14. The molecule has 0 aliphatic carbocycles. The van der Waals surface area contributed by atoms with Crippen LogP contribution in [0.25, 0.3) is 10.1 Å². The van der Waals surface area contributed by atoms with Gasteiger partial charge in [0.2, 0.25) is 0 Å². The molecule has 0 spiro atoms. The second kappa shape index (κ2) is 5.44. The molecule has 0 radical (unpaired) electrons. The van der Waals surface area contributed by atoms with Crippen molar-refractivity contribution in [2.75, 3.05) is 18.8 Å². The van der Waals surface area contributed by atoms with E-state index in [9.17, 15) is 4.79 Å². The Morgan fingerprint density at radius 1 is 1.20 bits per heavy atom. The number of amides is 1. The lowest BCUT2D eigenvalue weighted by atomic mass is 10.1. The Labute approximate surface area is 123 Å². The third-order valence-corrected chi connectivity index (χ3v) is 5.38. The average molecular weight is 288 g/mol. The standard InChI is InChI=1S/C16H20N2OS/c1-11-7-6-8-12-13(17)15(20-14(11)12)16(19)18-9-4-2-3-5-10-18/h6-8H,2-5,9-10,17H2,1H3. The molecule has 1 amide bonds. The van der Waals surface area contributed by atoms with E-state index in [0.29, 0.717) is 5.69 Å². The van der Waals surface area contributed by atoms with E-state index in [1.807, 2.05) is 17.0 Å². The van der Waals surface area contributed by atoms with E-state index in [4.69, 9.17) is 5.73 Å². The van der Waals surface area contributed by atoms with Gasteiger partial charge in [0.05, 0.1) is 5.69 Å². The first-order chi connectivity index (χ1) is 9.68. The molecule has 4 heteroatoms. The van der Waals surface area contributed by atoms with Gasteiger partial charge in [-0.25, -0.2) is 0 Å². The third kappa shape index (κ3) is 2.29. The Morgan fingerprint density at radius 2 is 1.90 bits per heavy atom. The number of nitrogens with zero attached hydrogens (tertiary/aromatic N) is 1. The maximum Gasteiger partial charge on any atom is 0.266 e. The number of hydrogen-bond donors (Lipinski definition) is 1. The first-order valence-electron chi connectivity index (χ1n) is 7.25. The topological polar surface area (TPSA) is 46.3 Å². The van der Waals surface area contributed by atoms with E-state index < -0.39 is 0 Å². The zero-order chi connectivity index (χ0) is 14.1. The zero-order valence-electron chi connectivity index (χ0n) is 11.8. The summed E-state index contributed by atoms with van der Waals surface area (Å²) >= 11 is 1.54. The number of hydrogen-bond acceptors (Lipinski definition) is 3. The fourth-order valence-corrected chi connectivity index (χ4v) is 4.01. The molecule has 2 heterocycles. The van der Waals surface area contributed by atoms with Gasteiger partial charge < -0.3 is 10.6 Å². The molecule has 20 heavy (non-hydrogen) atoms. The molecule has 1 saturated heterocycles. The molecule has 0 atom stereocenters. The zero-order valence-corrected chi connectivity index (χ0v) is 12.6. The van der Waals surface area contributed by atoms with Gasteiger partial charge in [-0.2, -0.15) is 0 Å². The first kappa shape index (κ1) is 13.4. The van der Waals surface area contributed by atoms with Crippen LogP contribution in [0.4, 0.5) is 5.69 Å². The number of nitrogens with two attached hydrogens (primary N) is 1. The van der Waals surface area contributed by atoms with Crippen molar-refractivity contribution in [1.82, 2.24) is 4.90 Å². The van der Waals surface area contributed by atoms with Crippen LogP contribution in [0.5, 0.6) is 0 Å². The fourth-order valence-electron chi connectivity index (χ4n) is 2.86. The second-order valence-corrected chi connectivity index (χ2v) is 6.52. The molecule has 3 nitrogen and oxygen atoms in total. The van der Waals surface area contributed by atoms with Crippen LogP contribution in [-0.2, 0) is 0 Å². The minimum atomic E-state index is 0.116. The van der Waals surface area contributed by atoms with Crippen molar-refractivity contribution in [2.24, 2.45) is 0 Å². The van der Waals surface area contributed by atoms with Crippen molar-refractivity contribution >= 4 is 33.0 Å². The number of carbonyl (C=O) groups excluding carboxylic acids is 1. The highest BCUT2D eigenvalue weighted by molar-refractivity contribution is 7.21. The van der Waals surface area contributed by atoms with Crippen molar-refractivity contribution in [1.29, 1.82) is 0 Å². The van der Waals surface area contributed by atoms with E-state index >= 15 is 0 Å². The van der Waals surface area contributed by atoms with Gasteiger partial charge in [0.15, 0.2) is 0 Å². The van der Waals surface area contributed by atoms with Crippen LogP contribution in [0.1, 0.15) is 40.9 Å². The van der Waals surface area contributed by atoms with Gasteiger partial charge in [-0.05, 0) is 25.3 Å². The van der Waals surface area contributed by atoms with Gasteiger partial charge >= 0.3 is 0 Å². The van der Waals surface area contributed by atoms with Crippen molar-refractivity contribution in [3.63, 3.8) is 0 Å².